The molecule has 1 fully saturated rings. The third-order valence-corrected chi connectivity index (χ3v) is 3.21. The fraction of sp³-hybridized carbons (Fsp3) is 0.667. The molecule has 100 valence electrons. The average molecular weight is 257 g/mol. The SMILES string of the molecule is Cc1ccnc(N2CC(C)(C)C(O)C(F)(F)C2)n1. The summed E-state index contributed by atoms with van der Waals surface area (Å²) in [5.74, 6) is -2.87. The summed E-state index contributed by atoms with van der Waals surface area (Å²) < 4.78 is 27.6. The Morgan fingerprint density at radius 1 is 1.39 bits per heavy atom. The Labute approximate surface area is 105 Å². The average Bonchev–Trinajstić information content (AvgIpc) is 2.25. The van der Waals surface area contributed by atoms with Gasteiger partial charge in [-0.05, 0) is 13.0 Å². The van der Waals surface area contributed by atoms with Crippen molar-refractivity contribution in [2.24, 2.45) is 5.41 Å². The van der Waals surface area contributed by atoms with E-state index in [1.165, 1.54) is 4.90 Å². The van der Waals surface area contributed by atoms with Crippen LogP contribution in [0.3, 0.4) is 0 Å². The number of alkyl halides is 2. The molecule has 0 aliphatic carbocycles. The monoisotopic (exact) mass is 257 g/mol. The van der Waals surface area contributed by atoms with Gasteiger partial charge in [-0.1, -0.05) is 13.8 Å². The Bertz CT molecular complexity index is 433. The first-order valence-corrected chi connectivity index (χ1v) is 5.83. The summed E-state index contributed by atoms with van der Waals surface area (Å²) in [6.07, 6.45) is -0.0977. The van der Waals surface area contributed by atoms with Gasteiger partial charge in [0.15, 0.2) is 0 Å². The summed E-state index contributed by atoms with van der Waals surface area (Å²) in [5.41, 5.74) is -0.179. The van der Waals surface area contributed by atoms with Crippen LogP contribution in [0.1, 0.15) is 19.5 Å². The number of anilines is 1. The lowest BCUT2D eigenvalue weighted by Gasteiger charge is -2.45. The van der Waals surface area contributed by atoms with Gasteiger partial charge in [-0.25, -0.2) is 18.7 Å². The molecule has 1 aliphatic heterocycles. The van der Waals surface area contributed by atoms with E-state index in [2.05, 4.69) is 9.97 Å². The van der Waals surface area contributed by atoms with Crippen LogP contribution in [0.5, 0.6) is 0 Å². The molecule has 6 heteroatoms. The molecule has 18 heavy (non-hydrogen) atoms. The molecule has 1 aromatic rings. The van der Waals surface area contributed by atoms with Gasteiger partial charge < -0.3 is 10.0 Å². The second kappa shape index (κ2) is 4.12. The molecular formula is C12H17F2N3O. The molecule has 1 saturated heterocycles. The lowest BCUT2D eigenvalue weighted by molar-refractivity contribution is -0.160. The maximum atomic E-state index is 13.8. The van der Waals surface area contributed by atoms with Crippen LogP contribution in [0.4, 0.5) is 14.7 Å². The predicted molar refractivity (Wildman–Crippen MR) is 63.7 cm³/mol. The minimum atomic E-state index is -3.16. The minimum absolute atomic E-state index is 0.287. The Kier molecular flexibility index (Phi) is 3.01. The minimum Gasteiger partial charge on any atom is -0.386 e. The van der Waals surface area contributed by atoms with Crippen LogP contribution in [0.2, 0.25) is 0 Å². The maximum absolute atomic E-state index is 13.8. The molecule has 2 heterocycles. The van der Waals surface area contributed by atoms with E-state index in [9.17, 15) is 13.9 Å². The highest BCUT2D eigenvalue weighted by atomic mass is 19.3. The van der Waals surface area contributed by atoms with E-state index < -0.39 is 24.0 Å². The van der Waals surface area contributed by atoms with Crippen molar-refractivity contribution in [3.63, 3.8) is 0 Å². The number of aliphatic hydroxyl groups is 1. The molecule has 1 atom stereocenters. The molecule has 0 saturated carbocycles. The van der Waals surface area contributed by atoms with Crippen LogP contribution in [-0.4, -0.2) is 40.2 Å². The Morgan fingerprint density at radius 3 is 2.61 bits per heavy atom. The number of aryl methyl sites for hydroxylation is 1. The third kappa shape index (κ3) is 2.29. The van der Waals surface area contributed by atoms with Gasteiger partial charge in [-0.3, -0.25) is 0 Å². The molecule has 1 N–H and O–H groups in total. The normalized spacial score (nSPS) is 26.1. The first-order chi connectivity index (χ1) is 8.22. The molecule has 4 nitrogen and oxygen atoms in total. The van der Waals surface area contributed by atoms with Crippen LogP contribution < -0.4 is 4.90 Å². The number of aromatic nitrogens is 2. The Hall–Kier alpha value is -1.30. The fourth-order valence-corrected chi connectivity index (χ4v) is 2.28. The zero-order valence-electron chi connectivity index (χ0n) is 10.7. The Morgan fingerprint density at radius 2 is 2.06 bits per heavy atom. The standard InChI is InChI=1S/C12H17F2N3O/c1-8-4-5-15-10(16-8)17-6-11(2,3)9(18)12(13,14)7-17/h4-5,9,18H,6-7H2,1-3H3. The third-order valence-electron chi connectivity index (χ3n) is 3.21. The van der Waals surface area contributed by atoms with Crippen LogP contribution >= 0.6 is 0 Å². The highest BCUT2D eigenvalue weighted by Gasteiger charge is 2.53. The van der Waals surface area contributed by atoms with Crippen LogP contribution in [0.25, 0.3) is 0 Å². The zero-order chi connectivity index (χ0) is 13.6. The number of hydrogen-bond acceptors (Lipinski definition) is 4. The summed E-state index contributed by atoms with van der Waals surface area (Å²) in [7, 11) is 0. The van der Waals surface area contributed by atoms with E-state index in [0.717, 1.165) is 5.69 Å². The molecule has 1 aliphatic rings. The number of hydrogen-bond donors (Lipinski definition) is 1. The molecule has 1 unspecified atom stereocenters. The van der Waals surface area contributed by atoms with Crippen LogP contribution in [0, 0.1) is 12.3 Å². The number of aliphatic hydroxyl groups excluding tert-OH is 1. The lowest BCUT2D eigenvalue weighted by atomic mass is 9.79. The van der Waals surface area contributed by atoms with Crippen molar-refractivity contribution < 1.29 is 13.9 Å². The fourth-order valence-electron chi connectivity index (χ4n) is 2.28. The van der Waals surface area contributed by atoms with Gasteiger partial charge in [0.1, 0.15) is 6.10 Å². The van der Waals surface area contributed by atoms with Crippen LogP contribution in [-0.2, 0) is 0 Å². The quantitative estimate of drug-likeness (QED) is 0.830. The summed E-state index contributed by atoms with van der Waals surface area (Å²) in [6, 6.07) is 1.71. The van der Waals surface area contributed by atoms with E-state index in [-0.39, 0.29) is 5.95 Å². The number of halogens is 2. The summed E-state index contributed by atoms with van der Waals surface area (Å²) in [4.78, 5) is 9.60. The molecule has 0 bridgehead atoms. The molecule has 0 aromatic carbocycles. The maximum Gasteiger partial charge on any atom is 0.291 e. The highest BCUT2D eigenvalue weighted by Crippen LogP contribution is 2.39. The van der Waals surface area contributed by atoms with Crippen molar-refractivity contribution in [1.29, 1.82) is 0 Å². The van der Waals surface area contributed by atoms with Gasteiger partial charge >= 0.3 is 0 Å². The van der Waals surface area contributed by atoms with Gasteiger partial charge in [0, 0.05) is 23.9 Å². The number of rotatable bonds is 1. The smallest absolute Gasteiger partial charge is 0.291 e. The van der Waals surface area contributed by atoms with E-state index >= 15 is 0 Å². The van der Waals surface area contributed by atoms with Crippen molar-refractivity contribution in [2.75, 3.05) is 18.0 Å². The number of piperidine rings is 1. The second-order valence-corrected chi connectivity index (χ2v) is 5.51. The summed E-state index contributed by atoms with van der Waals surface area (Å²) in [6.45, 7) is 4.77. The predicted octanol–water partition coefficient (Wildman–Crippen LogP) is 1.63. The van der Waals surface area contributed by atoms with E-state index in [0.29, 0.717) is 6.54 Å². The summed E-state index contributed by atoms with van der Waals surface area (Å²) >= 11 is 0. The Balaban J connectivity index is 2.31. The van der Waals surface area contributed by atoms with E-state index in [1.807, 2.05) is 0 Å². The second-order valence-electron chi connectivity index (χ2n) is 5.51. The van der Waals surface area contributed by atoms with Crippen molar-refractivity contribution in [1.82, 2.24) is 9.97 Å². The first kappa shape index (κ1) is 13.1. The molecule has 0 amide bonds. The van der Waals surface area contributed by atoms with Gasteiger partial charge in [0.25, 0.3) is 5.92 Å². The van der Waals surface area contributed by atoms with Crippen molar-refractivity contribution in [3.8, 4) is 0 Å². The molecule has 0 radical (unpaired) electrons. The molecular weight excluding hydrogens is 240 g/mol. The van der Waals surface area contributed by atoms with E-state index in [4.69, 9.17) is 0 Å². The topological polar surface area (TPSA) is 49.2 Å². The highest BCUT2D eigenvalue weighted by molar-refractivity contribution is 5.33. The van der Waals surface area contributed by atoms with Crippen molar-refractivity contribution >= 4 is 5.95 Å². The lowest BCUT2D eigenvalue weighted by Crippen LogP contribution is -2.61. The van der Waals surface area contributed by atoms with Gasteiger partial charge in [0.05, 0.1) is 6.54 Å². The van der Waals surface area contributed by atoms with E-state index in [1.54, 1.807) is 33.0 Å². The molecule has 1 aromatic heterocycles. The first-order valence-electron chi connectivity index (χ1n) is 5.83. The van der Waals surface area contributed by atoms with Crippen molar-refractivity contribution in [2.45, 2.75) is 32.8 Å². The summed E-state index contributed by atoms with van der Waals surface area (Å²) in [5, 5.41) is 9.67. The van der Waals surface area contributed by atoms with Gasteiger partial charge in [0.2, 0.25) is 5.95 Å². The van der Waals surface area contributed by atoms with Crippen LogP contribution in [0.15, 0.2) is 12.3 Å². The number of nitrogens with zero attached hydrogens (tertiary/aromatic N) is 3. The molecule has 0 spiro atoms. The van der Waals surface area contributed by atoms with Crippen molar-refractivity contribution in [3.05, 3.63) is 18.0 Å². The largest absolute Gasteiger partial charge is 0.386 e. The van der Waals surface area contributed by atoms with Gasteiger partial charge in [-0.15, -0.1) is 0 Å². The van der Waals surface area contributed by atoms with Gasteiger partial charge in [-0.2, -0.15) is 0 Å². The zero-order valence-corrected chi connectivity index (χ0v) is 10.7. The molecule has 2 rings (SSSR count).